The van der Waals surface area contributed by atoms with Crippen molar-refractivity contribution < 1.29 is 4.79 Å². The highest BCUT2D eigenvalue weighted by Crippen LogP contribution is 1.93. The number of amides is 1. The molecule has 0 bridgehead atoms. The molecule has 0 aliphatic carbocycles. The van der Waals surface area contributed by atoms with Gasteiger partial charge in [0, 0.05) is 0 Å². The third-order valence-corrected chi connectivity index (χ3v) is 1.44. The lowest BCUT2D eigenvalue weighted by atomic mass is 10.2. The van der Waals surface area contributed by atoms with Crippen LogP contribution in [0, 0.1) is 0 Å². The third kappa shape index (κ3) is 10.4. The molecule has 2 heteroatoms. The van der Waals surface area contributed by atoms with E-state index in [1.54, 1.807) is 6.08 Å². The summed E-state index contributed by atoms with van der Waals surface area (Å²) < 4.78 is 0. The van der Waals surface area contributed by atoms with Crippen molar-refractivity contribution in [3.63, 3.8) is 0 Å². The van der Waals surface area contributed by atoms with E-state index < -0.39 is 0 Å². The summed E-state index contributed by atoms with van der Waals surface area (Å²) in [4.78, 5) is 10.3. The second kappa shape index (κ2) is 9.52. The fraction of sp³-hybridized carbons (Fsp3) is 0.250. The Labute approximate surface area is 85.5 Å². The van der Waals surface area contributed by atoms with Crippen molar-refractivity contribution in [3.05, 3.63) is 48.6 Å². The van der Waals surface area contributed by atoms with Crippen molar-refractivity contribution >= 4 is 5.91 Å². The molecule has 0 aliphatic heterocycles. The summed E-state index contributed by atoms with van der Waals surface area (Å²) in [5.41, 5.74) is 4.93. The lowest BCUT2D eigenvalue weighted by Crippen LogP contribution is -2.05. The van der Waals surface area contributed by atoms with Gasteiger partial charge >= 0.3 is 0 Å². The average Bonchev–Trinajstić information content (AvgIpc) is 2.15. The zero-order valence-electron chi connectivity index (χ0n) is 8.52. The van der Waals surface area contributed by atoms with Crippen molar-refractivity contribution in [3.8, 4) is 0 Å². The number of rotatable bonds is 6. The Morgan fingerprint density at radius 1 is 1.07 bits per heavy atom. The van der Waals surface area contributed by atoms with Crippen LogP contribution in [0.2, 0.25) is 0 Å². The van der Waals surface area contributed by atoms with Gasteiger partial charge in [0.2, 0.25) is 5.91 Å². The zero-order chi connectivity index (χ0) is 10.6. The predicted octanol–water partition coefficient (Wildman–Crippen LogP) is 2.50. The van der Waals surface area contributed by atoms with Crippen LogP contribution in [-0.2, 0) is 4.79 Å². The summed E-state index contributed by atoms with van der Waals surface area (Å²) in [6.07, 6.45) is 16.8. The molecule has 0 heterocycles. The van der Waals surface area contributed by atoms with Crippen LogP contribution < -0.4 is 5.73 Å². The van der Waals surface area contributed by atoms with Gasteiger partial charge in [0.05, 0.1) is 0 Å². The molecule has 2 N–H and O–H groups in total. The molecule has 0 saturated heterocycles. The van der Waals surface area contributed by atoms with Crippen LogP contribution in [0.3, 0.4) is 0 Å². The smallest absolute Gasteiger partial charge is 0.241 e. The second-order valence-corrected chi connectivity index (χ2v) is 2.72. The monoisotopic (exact) mass is 191 g/mol. The van der Waals surface area contributed by atoms with Crippen molar-refractivity contribution in [2.24, 2.45) is 5.73 Å². The fourth-order valence-corrected chi connectivity index (χ4v) is 0.806. The molecule has 0 radical (unpaired) electrons. The number of unbranched alkanes of at least 4 members (excludes halogenated alkanes) is 1. The maximum absolute atomic E-state index is 10.3. The zero-order valence-corrected chi connectivity index (χ0v) is 8.52. The molecule has 2 nitrogen and oxygen atoms in total. The van der Waals surface area contributed by atoms with Crippen molar-refractivity contribution in [2.45, 2.75) is 19.8 Å². The van der Waals surface area contributed by atoms with Crippen molar-refractivity contribution in [1.29, 1.82) is 0 Å². The average molecular weight is 191 g/mol. The Bertz CT molecular complexity index is 259. The van der Waals surface area contributed by atoms with Gasteiger partial charge in [-0.15, -0.1) is 0 Å². The summed E-state index contributed by atoms with van der Waals surface area (Å²) in [7, 11) is 0. The van der Waals surface area contributed by atoms with Gasteiger partial charge in [-0.1, -0.05) is 42.5 Å². The molecule has 0 fully saturated rings. The van der Waals surface area contributed by atoms with Crippen LogP contribution in [0.1, 0.15) is 19.8 Å². The highest BCUT2D eigenvalue weighted by atomic mass is 16.1. The van der Waals surface area contributed by atoms with E-state index in [0.717, 1.165) is 12.8 Å². The fourth-order valence-electron chi connectivity index (χ4n) is 0.806. The van der Waals surface area contributed by atoms with E-state index in [9.17, 15) is 4.79 Å². The quantitative estimate of drug-likeness (QED) is 0.391. The summed E-state index contributed by atoms with van der Waals surface area (Å²) in [6, 6.07) is 0. The lowest BCUT2D eigenvalue weighted by molar-refractivity contribution is -0.113. The van der Waals surface area contributed by atoms with Crippen LogP contribution in [0.4, 0.5) is 0 Å². The van der Waals surface area contributed by atoms with Crippen molar-refractivity contribution in [1.82, 2.24) is 0 Å². The molecular weight excluding hydrogens is 174 g/mol. The number of hydrogen-bond donors (Lipinski definition) is 1. The maximum Gasteiger partial charge on any atom is 0.241 e. The minimum atomic E-state index is -0.387. The molecule has 0 aromatic heterocycles. The Balaban J connectivity index is 3.49. The second-order valence-electron chi connectivity index (χ2n) is 2.72. The predicted molar refractivity (Wildman–Crippen MR) is 60.7 cm³/mol. The van der Waals surface area contributed by atoms with Gasteiger partial charge in [0.15, 0.2) is 0 Å². The molecule has 0 aromatic carbocycles. The first-order chi connectivity index (χ1) is 6.77. The van der Waals surface area contributed by atoms with E-state index in [2.05, 4.69) is 0 Å². The standard InChI is InChI=1S/C12H17NO/c1-2-3-4-5-6-7-8-9-10-11-12(13)14/h2-7,10-11H,8-9H2,1H3,(H2,13,14). The Morgan fingerprint density at radius 3 is 2.36 bits per heavy atom. The van der Waals surface area contributed by atoms with Gasteiger partial charge in [-0.3, -0.25) is 4.79 Å². The van der Waals surface area contributed by atoms with Gasteiger partial charge in [-0.25, -0.2) is 0 Å². The summed E-state index contributed by atoms with van der Waals surface area (Å²) in [5, 5.41) is 0. The minimum absolute atomic E-state index is 0.387. The SMILES string of the molecule is CC=CC=CC=CCCC=CC(N)=O. The Hall–Kier alpha value is -1.57. The highest BCUT2D eigenvalue weighted by molar-refractivity contribution is 5.85. The molecule has 0 unspecified atom stereocenters. The first kappa shape index (κ1) is 12.4. The van der Waals surface area contributed by atoms with E-state index in [1.807, 2.05) is 43.4 Å². The number of primary amides is 1. The Morgan fingerprint density at radius 2 is 1.71 bits per heavy atom. The molecule has 0 spiro atoms. The number of carbonyl (C=O) groups excluding carboxylic acids is 1. The maximum atomic E-state index is 10.3. The van der Waals surface area contributed by atoms with Crippen LogP contribution in [0.5, 0.6) is 0 Å². The van der Waals surface area contributed by atoms with E-state index in [1.165, 1.54) is 6.08 Å². The van der Waals surface area contributed by atoms with Crippen molar-refractivity contribution in [2.75, 3.05) is 0 Å². The van der Waals surface area contributed by atoms with Gasteiger partial charge in [-0.05, 0) is 25.8 Å². The van der Waals surface area contributed by atoms with Gasteiger partial charge < -0.3 is 5.73 Å². The lowest BCUT2D eigenvalue weighted by Gasteiger charge is -1.84. The molecule has 76 valence electrons. The minimum Gasteiger partial charge on any atom is -0.366 e. The first-order valence-electron chi connectivity index (χ1n) is 4.68. The number of nitrogens with two attached hydrogens (primary N) is 1. The van der Waals surface area contributed by atoms with Crippen LogP contribution in [-0.4, -0.2) is 5.91 Å². The molecule has 0 atom stereocenters. The largest absolute Gasteiger partial charge is 0.366 e. The summed E-state index contributed by atoms with van der Waals surface area (Å²) in [5.74, 6) is -0.387. The molecule has 0 aliphatic rings. The number of allylic oxidation sites excluding steroid dienone is 7. The number of carbonyl (C=O) groups is 1. The molecule has 1 amide bonds. The van der Waals surface area contributed by atoms with Gasteiger partial charge in [-0.2, -0.15) is 0 Å². The summed E-state index contributed by atoms with van der Waals surface area (Å²) in [6.45, 7) is 1.97. The van der Waals surface area contributed by atoms with E-state index in [0.29, 0.717) is 0 Å². The van der Waals surface area contributed by atoms with E-state index >= 15 is 0 Å². The van der Waals surface area contributed by atoms with Crippen LogP contribution >= 0.6 is 0 Å². The van der Waals surface area contributed by atoms with Gasteiger partial charge in [0.1, 0.15) is 0 Å². The molecule has 0 rings (SSSR count). The normalized spacial score (nSPS) is 12.6. The van der Waals surface area contributed by atoms with Crippen LogP contribution in [0.25, 0.3) is 0 Å². The third-order valence-electron chi connectivity index (χ3n) is 1.44. The molecule has 0 saturated carbocycles. The number of hydrogen-bond acceptors (Lipinski definition) is 1. The van der Waals surface area contributed by atoms with E-state index in [4.69, 9.17) is 5.73 Å². The summed E-state index contributed by atoms with van der Waals surface area (Å²) >= 11 is 0. The molecular formula is C12H17NO. The topological polar surface area (TPSA) is 43.1 Å². The van der Waals surface area contributed by atoms with Gasteiger partial charge in [0.25, 0.3) is 0 Å². The highest BCUT2D eigenvalue weighted by Gasteiger charge is 1.80. The van der Waals surface area contributed by atoms with E-state index in [-0.39, 0.29) is 5.91 Å². The Kier molecular flexibility index (Phi) is 8.45. The van der Waals surface area contributed by atoms with Crippen LogP contribution in [0.15, 0.2) is 48.6 Å². The molecule has 0 aromatic rings. The first-order valence-corrected chi connectivity index (χ1v) is 4.68. The molecule has 14 heavy (non-hydrogen) atoms.